The molecule has 0 spiro atoms. The number of amides is 2. The zero-order chi connectivity index (χ0) is 21.0. The Kier molecular flexibility index (Phi) is 5.01. The van der Waals surface area contributed by atoms with Gasteiger partial charge in [-0.3, -0.25) is 4.98 Å². The van der Waals surface area contributed by atoms with Crippen molar-refractivity contribution in [2.45, 2.75) is 68.6 Å². The number of thiazole rings is 1. The molecule has 10 heteroatoms. The average Bonchev–Trinajstić information content (AvgIpc) is 3.10. The van der Waals surface area contributed by atoms with Gasteiger partial charge >= 0.3 is 6.03 Å². The Morgan fingerprint density at radius 2 is 2.14 bits per heavy atom. The van der Waals surface area contributed by atoms with E-state index < -0.39 is 21.5 Å². The molecule has 1 fully saturated rings. The maximum absolute atomic E-state index is 12.9. The van der Waals surface area contributed by atoms with Gasteiger partial charge in [-0.15, -0.1) is 15.7 Å². The van der Waals surface area contributed by atoms with Crippen LogP contribution < -0.4 is 10.5 Å². The number of rotatable bonds is 4. The topological polar surface area (TPSA) is 131 Å². The van der Waals surface area contributed by atoms with E-state index in [2.05, 4.69) is 14.7 Å². The van der Waals surface area contributed by atoms with Crippen molar-refractivity contribution in [3.63, 3.8) is 0 Å². The first-order valence-electron chi connectivity index (χ1n) is 9.63. The van der Waals surface area contributed by atoms with Crippen LogP contribution in [0.1, 0.15) is 66.6 Å². The number of aromatic nitrogens is 2. The minimum absolute atomic E-state index is 0.156. The van der Waals surface area contributed by atoms with Crippen LogP contribution in [0.3, 0.4) is 0 Å². The number of urea groups is 1. The standard InChI is InChI=1S/C19H25N5O3S2/c1-10-15(11-7-8-11)16(12-5-4-6-13(12)22-10)23-18(25)24-29(20,27)14-9-21-17(28-14)19(2,3)26/h9,11,26H,4-8H2,1-3H3,(H3,20,22,23,24,25,27)/t29-/m1/s1. The third kappa shape index (κ3) is 4.07. The summed E-state index contributed by atoms with van der Waals surface area (Å²) in [6, 6.07) is -0.739. The number of pyridine rings is 1. The first kappa shape index (κ1) is 20.4. The summed E-state index contributed by atoms with van der Waals surface area (Å²) in [5, 5.41) is 19.2. The van der Waals surface area contributed by atoms with Crippen LogP contribution in [0.2, 0.25) is 0 Å². The molecule has 0 unspecified atom stereocenters. The van der Waals surface area contributed by atoms with Crippen LogP contribution in [-0.2, 0) is 28.4 Å². The molecule has 0 bridgehead atoms. The fraction of sp³-hybridized carbons (Fsp3) is 0.526. The van der Waals surface area contributed by atoms with E-state index in [0.717, 1.165) is 71.6 Å². The van der Waals surface area contributed by atoms with Gasteiger partial charge in [-0.25, -0.2) is 19.1 Å². The Balaban J connectivity index is 1.67. The summed E-state index contributed by atoms with van der Waals surface area (Å²) in [5.41, 5.74) is 3.68. The number of fused-ring (bicyclic) bond motifs is 1. The maximum Gasteiger partial charge on any atom is 0.354 e. The fourth-order valence-electron chi connectivity index (χ4n) is 3.72. The predicted octanol–water partition coefficient (Wildman–Crippen LogP) is 3.37. The molecule has 8 nitrogen and oxygen atoms in total. The van der Waals surface area contributed by atoms with Gasteiger partial charge in [0.25, 0.3) is 0 Å². The second kappa shape index (κ2) is 7.12. The Bertz CT molecular complexity index is 1110. The third-order valence-electron chi connectivity index (χ3n) is 5.18. The summed E-state index contributed by atoms with van der Waals surface area (Å²) in [6.07, 6.45) is 6.23. The number of hydrogen-bond donors (Lipinski definition) is 3. The van der Waals surface area contributed by atoms with E-state index in [4.69, 9.17) is 10.1 Å². The summed E-state index contributed by atoms with van der Waals surface area (Å²) in [7, 11) is -3.47. The normalized spacial score (nSPS) is 18.2. The van der Waals surface area contributed by atoms with E-state index >= 15 is 0 Å². The SMILES string of the molecule is Cc1nc2c(c(NC(=O)N=[S@@](N)(=O)c3cnc(C(C)(C)O)s3)c1C1CC1)CCC2. The molecule has 2 heterocycles. The molecule has 0 aromatic carbocycles. The van der Waals surface area contributed by atoms with E-state index in [1.165, 1.54) is 6.20 Å². The fourth-order valence-corrected chi connectivity index (χ4v) is 5.78. The molecule has 0 radical (unpaired) electrons. The van der Waals surface area contributed by atoms with Gasteiger partial charge in [0.2, 0.25) is 0 Å². The highest BCUT2D eigenvalue weighted by Gasteiger charge is 2.33. The Morgan fingerprint density at radius 1 is 1.41 bits per heavy atom. The van der Waals surface area contributed by atoms with Crippen LogP contribution in [0.4, 0.5) is 10.5 Å². The highest BCUT2D eigenvalue weighted by molar-refractivity contribution is 7.93. The van der Waals surface area contributed by atoms with E-state index in [-0.39, 0.29) is 4.21 Å². The van der Waals surface area contributed by atoms with Crippen molar-refractivity contribution in [2.75, 3.05) is 5.32 Å². The third-order valence-corrected chi connectivity index (χ3v) is 8.37. The van der Waals surface area contributed by atoms with Gasteiger partial charge in [0.15, 0.2) is 9.92 Å². The number of aliphatic hydroxyl groups is 1. The molecule has 4 N–H and O–H groups in total. The van der Waals surface area contributed by atoms with E-state index in [1.54, 1.807) is 13.8 Å². The number of aryl methyl sites for hydroxylation is 2. The molecule has 4 rings (SSSR count). The lowest BCUT2D eigenvalue weighted by Crippen LogP contribution is -2.18. The Morgan fingerprint density at radius 3 is 2.76 bits per heavy atom. The highest BCUT2D eigenvalue weighted by Crippen LogP contribution is 2.47. The lowest BCUT2D eigenvalue weighted by molar-refractivity contribution is 0.0783. The smallest absolute Gasteiger partial charge is 0.354 e. The molecular formula is C19H25N5O3S2. The monoisotopic (exact) mass is 435 g/mol. The summed E-state index contributed by atoms with van der Waals surface area (Å²) in [6.45, 7) is 5.12. The summed E-state index contributed by atoms with van der Waals surface area (Å²) >= 11 is 0.990. The number of carbonyl (C=O) groups excluding carboxylic acids is 1. The lowest BCUT2D eigenvalue weighted by Gasteiger charge is -2.16. The Labute approximate surface area is 174 Å². The molecule has 29 heavy (non-hydrogen) atoms. The van der Waals surface area contributed by atoms with Gasteiger partial charge in [-0.05, 0) is 64.4 Å². The van der Waals surface area contributed by atoms with E-state index in [1.807, 2.05) is 6.92 Å². The molecule has 0 saturated heterocycles. The highest BCUT2D eigenvalue weighted by atomic mass is 32.2. The van der Waals surface area contributed by atoms with Gasteiger partial charge in [0.1, 0.15) is 14.8 Å². The minimum atomic E-state index is -3.47. The number of hydrogen-bond acceptors (Lipinski definition) is 6. The molecular weight excluding hydrogens is 410 g/mol. The summed E-state index contributed by atoms with van der Waals surface area (Å²) in [4.78, 5) is 21.5. The Hall–Kier alpha value is -1.88. The molecule has 156 valence electrons. The second-order valence-electron chi connectivity index (χ2n) is 8.17. The largest absolute Gasteiger partial charge is 0.383 e. The van der Waals surface area contributed by atoms with Gasteiger partial charge in [-0.1, -0.05) is 0 Å². The zero-order valence-corrected chi connectivity index (χ0v) is 18.3. The molecule has 1 saturated carbocycles. The van der Waals surface area contributed by atoms with Crippen LogP contribution in [-0.4, -0.2) is 25.3 Å². The summed E-state index contributed by atoms with van der Waals surface area (Å²) < 4.78 is 16.8. The van der Waals surface area contributed by atoms with Crippen LogP contribution in [0, 0.1) is 6.92 Å². The maximum atomic E-state index is 12.9. The zero-order valence-electron chi connectivity index (χ0n) is 16.7. The first-order chi connectivity index (χ1) is 13.6. The molecule has 2 aliphatic carbocycles. The molecule has 2 aromatic heterocycles. The molecule has 2 aliphatic rings. The van der Waals surface area contributed by atoms with Crippen molar-refractivity contribution in [3.8, 4) is 0 Å². The van der Waals surface area contributed by atoms with Gasteiger partial charge in [-0.2, -0.15) is 0 Å². The molecule has 0 aliphatic heterocycles. The van der Waals surface area contributed by atoms with Crippen molar-refractivity contribution in [1.29, 1.82) is 0 Å². The van der Waals surface area contributed by atoms with Crippen molar-refractivity contribution < 1.29 is 14.1 Å². The number of nitrogens with one attached hydrogen (secondary N) is 1. The quantitative estimate of drug-likeness (QED) is 0.678. The number of nitrogens with two attached hydrogens (primary N) is 1. The van der Waals surface area contributed by atoms with Crippen LogP contribution in [0.25, 0.3) is 0 Å². The van der Waals surface area contributed by atoms with Crippen LogP contribution in [0.15, 0.2) is 14.8 Å². The summed E-state index contributed by atoms with van der Waals surface area (Å²) in [5.74, 6) is 0.404. The van der Waals surface area contributed by atoms with Crippen molar-refractivity contribution >= 4 is 33.0 Å². The average molecular weight is 436 g/mol. The van der Waals surface area contributed by atoms with Gasteiger partial charge in [0, 0.05) is 17.0 Å². The minimum Gasteiger partial charge on any atom is -0.383 e. The van der Waals surface area contributed by atoms with Crippen LogP contribution in [0.5, 0.6) is 0 Å². The van der Waals surface area contributed by atoms with E-state index in [0.29, 0.717) is 10.9 Å². The first-order valence-corrected chi connectivity index (χ1v) is 12.0. The number of anilines is 1. The van der Waals surface area contributed by atoms with Crippen molar-refractivity contribution in [1.82, 2.24) is 9.97 Å². The second-order valence-corrected chi connectivity index (χ2v) is 11.2. The number of nitrogens with zero attached hydrogens (tertiary/aromatic N) is 3. The molecule has 2 amide bonds. The van der Waals surface area contributed by atoms with Gasteiger partial charge < -0.3 is 10.4 Å². The van der Waals surface area contributed by atoms with E-state index in [9.17, 15) is 14.1 Å². The lowest BCUT2D eigenvalue weighted by atomic mass is 10.0. The number of carbonyl (C=O) groups is 1. The van der Waals surface area contributed by atoms with Crippen LogP contribution >= 0.6 is 11.3 Å². The predicted molar refractivity (Wildman–Crippen MR) is 112 cm³/mol. The molecule has 2 aromatic rings. The molecule has 1 atom stereocenters. The van der Waals surface area contributed by atoms with Crippen molar-refractivity contribution in [3.05, 3.63) is 33.7 Å². The van der Waals surface area contributed by atoms with Gasteiger partial charge in [0.05, 0.1) is 11.9 Å². The van der Waals surface area contributed by atoms with Crippen molar-refractivity contribution in [2.24, 2.45) is 9.50 Å².